The smallest absolute Gasteiger partial charge is 0.335 e. The van der Waals surface area contributed by atoms with Crippen LogP contribution in [0.4, 0.5) is 0 Å². The molecular formula is C16H23NO6. The Balaban J connectivity index is 0.000000459. The number of carbonyl (C=O) groups excluding carboxylic acids is 2. The number of rotatable bonds is 6. The molecule has 0 saturated heterocycles. The van der Waals surface area contributed by atoms with Crippen LogP contribution in [-0.4, -0.2) is 61.3 Å². The summed E-state index contributed by atoms with van der Waals surface area (Å²) >= 11 is 0. The summed E-state index contributed by atoms with van der Waals surface area (Å²) < 4.78 is 5.39. The molecule has 0 fully saturated rings. The Hall–Kier alpha value is -2.41. The number of aromatic carboxylic acids is 1. The van der Waals surface area contributed by atoms with Gasteiger partial charge in [-0.2, -0.15) is 0 Å². The van der Waals surface area contributed by atoms with Gasteiger partial charge in [-0.3, -0.25) is 4.79 Å². The highest BCUT2D eigenvalue weighted by atomic mass is 16.5. The van der Waals surface area contributed by atoms with E-state index in [9.17, 15) is 19.5 Å². The van der Waals surface area contributed by atoms with E-state index in [1.807, 2.05) is 21.1 Å². The Morgan fingerprint density at radius 2 is 1.70 bits per heavy atom. The summed E-state index contributed by atoms with van der Waals surface area (Å²) in [6.45, 7) is 1.71. The predicted octanol–water partition coefficient (Wildman–Crippen LogP) is 0.149. The van der Waals surface area contributed by atoms with E-state index in [0.717, 1.165) is 0 Å². The van der Waals surface area contributed by atoms with E-state index in [1.54, 1.807) is 30.3 Å². The summed E-state index contributed by atoms with van der Waals surface area (Å²) in [6, 6.07) is 8.30. The van der Waals surface area contributed by atoms with Crippen LogP contribution in [0.25, 0.3) is 0 Å². The average molecular weight is 325 g/mol. The van der Waals surface area contributed by atoms with Gasteiger partial charge in [-0.25, -0.2) is 4.79 Å². The second kappa shape index (κ2) is 9.58. The van der Waals surface area contributed by atoms with E-state index in [4.69, 9.17) is 9.84 Å². The van der Waals surface area contributed by atoms with E-state index in [1.165, 1.54) is 6.92 Å². The number of hydrogen-bond acceptors (Lipinski definition) is 5. The summed E-state index contributed by atoms with van der Waals surface area (Å²) in [5.41, 5.74) is 0.331. The maximum absolute atomic E-state index is 10.7. The Labute approximate surface area is 135 Å². The summed E-state index contributed by atoms with van der Waals surface area (Å²) in [4.78, 5) is 31.2. The first-order valence-electron chi connectivity index (χ1n) is 6.97. The van der Waals surface area contributed by atoms with Crippen LogP contribution in [0.2, 0.25) is 0 Å². The molecule has 128 valence electrons. The first-order chi connectivity index (χ1) is 10.5. The summed E-state index contributed by atoms with van der Waals surface area (Å²) in [5, 5.41) is 18.8. The molecule has 0 saturated carbocycles. The maximum atomic E-state index is 10.7. The van der Waals surface area contributed by atoms with Gasteiger partial charge in [-0.05, 0) is 12.1 Å². The largest absolute Gasteiger partial charge is 0.550 e. The molecule has 0 unspecified atom stereocenters. The van der Waals surface area contributed by atoms with Crippen molar-refractivity contribution in [3.05, 3.63) is 35.9 Å². The Kier molecular flexibility index (Phi) is 8.57. The minimum Gasteiger partial charge on any atom is -0.550 e. The molecule has 1 aromatic carbocycles. The zero-order valence-electron chi connectivity index (χ0n) is 13.8. The Morgan fingerprint density at radius 1 is 1.17 bits per heavy atom. The predicted molar refractivity (Wildman–Crippen MR) is 81.5 cm³/mol. The molecule has 0 aliphatic rings. The van der Waals surface area contributed by atoms with Gasteiger partial charge < -0.3 is 24.2 Å². The van der Waals surface area contributed by atoms with E-state index < -0.39 is 24.0 Å². The fourth-order valence-electron chi connectivity index (χ4n) is 1.76. The number of nitrogens with zero attached hydrogens (tertiary/aromatic N) is 1. The minimum absolute atomic E-state index is 0.255. The molecule has 0 aliphatic heterocycles. The molecule has 0 bridgehead atoms. The second-order valence-electron chi connectivity index (χ2n) is 5.95. The normalized spacial score (nSPS) is 11.7. The first-order valence-corrected chi connectivity index (χ1v) is 6.97. The van der Waals surface area contributed by atoms with Crippen LogP contribution in [0.3, 0.4) is 0 Å². The van der Waals surface area contributed by atoms with Crippen molar-refractivity contribution in [3.63, 3.8) is 0 Å². The van der Waals surface area contributed by atoms with Gasteiger partial charge in [-0.1, -0.05) is 18.2 Å². The van der Waals surface area contributed by atoms with Gasteiger partial charge in [0, 0.05) is 19.3 Å². The Bertz CT molecular complexity index is 505. The summed E-state index contributed by atoms with van der Waals surface area (Å²) in [6.07, 6.45) is -0.868. The monoisotopic (exact) mass is 325 g/mol. The number of carboxylic acid groups (broad SMARTS) is 2. The van der Waals surface area contributed by atoms with Crippen molar-refractivity contribution >= 4 is 17.9 Å². The standard InChI is InChI=1S/C9H17NO4.C7H6O2/c1-7(11)14-8(5-9(12)13)6-10(2,3)4;8-7(9)6-4-2-1-3-5-6/h8H,5-6H2,1-4H3;1-5H,(H,8,9)/t8-;/m1./s1. The highest BCUT2D eigenvalue weighted by Gasteiger charge is 2.20. The molecule has 23 heavy (non-hydrogen) atoms. The first kappa shape index (κ1) is 20.6. The third-order valence-electron chi connectivity index (χ3n) is 2.50. The van der Waals surface area contributed by atoms with Crippen LogP contribution in [0.1, 0.15) is 23.7 Å². The van der Waals surface area contributed by atoms with Gasteiger partial charge in [0.25, 0.3) is 0 Å². The second-order valence-corrected chi connectivity index (χ2v) is 5.95. The van der Waals surface area contributed by atoms with Crippen LogP contribution in [0, 0.1) is 0 Å². The average Bonchev–Trinajstić information content (AvgIpc) is 2.36. The molecule has 7 nitrogen and oxygen atoms in total. The van der Waals surface area contributed by atoms with Crippen molar-refractivity contribution in [3.8, 4) is 0 Å². The third-order valence-corrected chi connectivity index (χ3v) is 2.50. The number of esters is 1. The molecule has 1 aromatic rings. The van der Waals surface area contributed by atoms with Crippen molar-refractivity contribution in [1.82, 2.24) is 0 Å². The molecule has 0 heterocycles. The molecular weight excluding hydrogens is 302 g/mol. The lowest BCUT2D eigenvalue weighted by molar-refractivity contribution is -0.873. The molecule has 0 radical (unpaired) electrons. The third kappa shape index (κ3) is 11.9. The van der Waals surface area contributed by atoms with Crippen LogP contribution in [-0.2, 0) is 14.3 Å². The zero-order chi connectivity index (χ0) is 18.0. The molecule has 1 rings (SSSR count). The fraction of sp³-hybridized carbons (Fsp3) is 0.438. The number of quaternary nitrogens is 1. The van der Waals surface area contributed by atoms with E-state index in [0.29, 0.717) is 16.6 Å². The number of aliphatic carboxylic acids is 1. The van der Waals surface area contributed by atoms with Crippen molar-refractivity contribution < 1.29 is 33.8 Å². The Morgan fingerprint density at radius 3 is 2.00 bits per heavy atom. The number of likely N-dealkylation sites (N-methyl/N-ethyl adjacent to an activating group) is 1. The molecule has 1 N–H and O–H groups in total. The lowest BCUT2D eigenvalue weighted by atomic mass is 10.2. The zero-order valence-corrected chi connectivity index (χ0v) is 13.8. The van der Waals surface area contributed by atoms with Gasteiger partial charge in [0.2, 0.25) is 0 Å². The number of carbonyl (C=O) groups is 3. The van der Waals surface area contributed by atoms with Crippen molar-refractivity contribution in [2.75, 3.05) is 27.7 Å². The van der Waals surface area contributed by atoms with Crippen molar-refractivity contribution in [2.24, 2.45) is 0 Å². The highest BCUT2D eigenvalue weighted by molar-refractivity contribution is 5.87. The molecule has 0 aromatic heterocycles. The SMILES string of the molecule is CC(=O)O[C@H](CC(=O)[O-])C[N+](C)(C)C.O=C(O)c1ccccc1. The number of carboxylic acids is 2. The lowest BCUT2D eigenvalue weighted by Gasteiger charge is -2.28. The minimum atomic E-state index is -1.20. The van der Waals surface area contributed by atoms with E-state index >= 15 is 0 Å². The summed E-state index contributed by atoms with van der Waals surface area (Å²) in [7, 11) is 5.68. The quantitative estimate of drug-likeness (QED) is 0.590. The molecule has 0 aliphatic carbocycles. The van der Waals surface area contributed by atoms with Crippen LogP contribution in [0.5, 0.6) is 0 Å². The van der Waals surface area contributed by atoms with Crippen LogP contribution in [0.15, 0.2) is 30.3 Å². The number of ether oxygens (including phenoxy) is 1. The molecule has 0 amide bonds. The topological polar surface area (TPSA) is 104 Å². The van der Waals surface area contributed by atoms with Gasteiger partial charge in [0.1, 0.15) is 6.54 Å². The van der Waals surface area contributed by atoms with Crippen LogP contribution >= 0.6 is 0 Å². The van der Waals surface area contributed by atoms with E-state index in [2.05, 4.69) is 0 Å². The van der Waals surface area contributed by atoms with Gasteiger partial charge in [0.15, 0.2) is 6.10 Å². The molecule has 0 spiro atoms. The van der Waals surface area contributed by atoms with Crippen molar-refractivity contribution in [1.29, 1.82) is 0 Å². The lowest BCUT2D eigenvalue weighted by Crippen LogP contribution is -2.45. The number of benzene rings is 1. The van der Waals surface area contributed by atoms with Crippen LogP contribution < -0.4 is 5.11 Å². The fourth-order valence-corrected chi connectivity index (χ4v) is 1.76. The summed E-state index contributed by atoms with van der Waals surface area (Å²) in [5.74, 6) is -2.55. The van der Waals surface area contributed by atoms with E-state index in [-0.39, 0.29) is 6.42 Å². The van der Waals surface area contributed by atoms with Gasteiger partial charge in [-0.15, -0.1) is 0 Å². The van der Waals surface area contributed by atoms with Gasteiger partial charge >= 0.3 is 11.9 Å². The molecule has 1 atom stereocenters. The van der Waals surface area contributed by atoms with Crippen molar-refractivity contribution in [2.45, 2.75) is 19.4 Å². The molecule has 7 heteroatoms. The maximum Gasteiger partial charge on any atom is 0.335 e. The highest BCUT2D eigenvalue weighted by Crippen LogP contribution is 2.04. The van der Waals surface area contributed by atoms with Gasteiger partial charge in [0.05, 0.1) is 26.7 Å². The number of hydrogen-bond donors (Lipinski definition) is 1.